The number of halogens is 3. The Hall–Kier alpha value is -2.36. The van der Waals surface area contributed by atoms with Gasteiger partial charge < -0.3 is 9.31 Å². The molecule has 6 nitrogen and oxygen atoms in total. The van der Waals surface area contributed by atoms with Crippen LogP contribution in [0.5, 0.6) is 0 Å². The van der Waals surface area contributed by atoms with Gasteiger partial charge in [-0.25, -0.2) is 19.9 Å². The van der Waals surface area contributed by atoms with E-state index in [1.807, 2.05) is 12.1 Å². The molecule has 0 bridgehead atoms. The fourth-order valence-electron chi connectivity index (χ4n) is 3.21. The normalized spacial score (nSPS) is 15.1. The molecule has 0 amide bonds. The van der Waals surface area contributed by atoms with Crippen LogP contribution in [0.25, 0.3) is 11.1 Å². The molecule has 0 radical (unpaired) electrons. The van der Waals surface area contributed by atoms with Crippen LogP contribution in [-0.4, -0.2) is 38.3 Å². The van der Waals surface area contributed by atoms with Gasteiger partial charge in [0.2, 0.25) is 10.6 Å². The Bertz CT molecular complexity index is 1220. The minimum Gasteiger partial charge on any atom is -0.399 e. The van der Waals surface area contributed by atoms with Crippen molar-refractivity contribution < 1.29 is 9.31 Å². The smallest absolute Gasteiger partial charge is 0.399 e. The highest BCUT2D eigenvalue weighted by Gasteiger charge is 2.51. The van der Waals surface area contributed by atoms with Gasteiger partial charge in [0, 0.05) is 30.4 Å². The minimum absolute atomic E-state index is 0.245. The van der Waals surface area contributed by atoms with Gasteiger partial charge in [-0.15, -0.1) is 0 Å². The Labute approximate surface area is 243 Å². The monoisotopic (exact) mass is 614 g/mol. The Morgan fingerprint density at radius 3 is 1.45 bits per heavy atom. The second-order valence-corrected chi connectivity index (χ2v) is 11.4. The third-order valence-corrected chi connectivity index (χ3v) is 7.00. The number of aromatic nitrogens is 4. The van der Waals surface area contributed by atoms with E-state index in [9.17, 15) is 0 Å². The highest BCUT2D eigenvalue weighted by Crippen LogP contribution is 2.36. The number of benzene rings is 2. The quantitative estimate of drug-likeness (QED) is 0.174. The van der Waals surface area contributed by atoms with Crippen LogP contribution in [-0.2, 0) is 9.31 Å². The first-order chi connectivity index (χ1) is 17.9. The molecular formula is C28H30BBrCl2N4O2. The fourth-order valence-corrected chi connectivity index (χ4v) is 3.61. The van der Waals surface area contributed by atoms with E-state index in [0.29, 0.717) is 0 Å². The first-order valence-corrected chi connectivity index (χ1v) is 13.5. The zero-order valence-corrected chi connectivity index (χ0v) is 25.3. The molecule has 10 heteroatoms. The summed E-state index contributed by atoms with van der Waals surface area (Å²) in [5.74, 6) is 0. The first kappa shape index (κ1) is 30.2. The van der Waals surface area contributed by atoms with Gasteiger partial charge in [0.15, 0.2) is 0 Å². The lowest BCUT2D eigenvalue weighted by molar-refractivity contribution is 0.00578. The second-order valence-electron chi connectivity index (χ2n) is 9.78. The van der Waals surface area contributed by atoms with Crippen LogP contribution in [0.3, 0.4) is 0 Å². The van der Waals surface area contributed by atoms with Gasteiger partial charge >= 0.3 is 7.12 Å². The zero-order chi connectivity index (χ0) is 27.9. The number of nitrogens with zero attached hydrogens (tertiary/aromatic N) is 4. The maximum Gasteiger partial charge on any atom is 0.494 e. The zero-order valence-electron chi connectivity index (χ0n) is 22.2. The molecule has 1 saturated heterocycles. The molecule has 5 rings (SSSR count). The SMILES string of the molecule is Cc1ccc(-c2cnc(Cl)nc2)cc1.Cc1ccc(B2OC(C)(C)C(C)(C)O2)cc1.Clc1ncc(Br)cn1. The van der Waals surface area contributed by atoms with Gasteiger partial charge in [-0.1, -0.05) is 59.7 Å². The number of hydrogen-bond donors (Lipinski definition) is 0. The maximum atomic E-state index is 5.97. The van der Waals surface area contributed by atoms with Crippen LogP contribution in [0.2, 0.25) is 10.6 Å². The van der Waals surface area contributed by atoms with E-state index >= 15 is 0 Å². The van der Waals surface area contributed by atoms with E-state index in [1.165, 1.54) is 11.1 Å². The van der Waals surface area contributed by atoms with Gasteiger partial charge in [-0.3, -0.25) is 0 Å². The summed E-state index contributed by atoms with van der Waals surface area (Å²) in [6.07, 6.45) is 6.63. The standard InChI is InChI=1S/C13H19BO2.C11H9ClN2.C4H2BrClN2/c1-10-6-8-11(9-7-10)14-15-12(2,3)13(4,5)16-14;1-8-2-4-9(5-3-8)10-6-13-11(12)14-7-10;5-3-1-7-4(6)8-2-3/h6-9H,1-5H3;2-7H,1H3;1-2H. The van der Waals surface area contributed by atoms with Crippen molar-refractivity contribution in [3.05, 3.63) is 99.5 Å². The molecule has 2 aromatic carbocycles. The molecule has 4 aromatic rings. The topological polar surface area (TPSA) is 70.0 Å². The van der Waals surface area contributed by atoms with Gasteiger partial charge in [0.05, 0.1) is 15.7 Å². The lowest BCUT2D eigenvalue weighted by Gasteiger charge is -2.32. The van der Waals surface area contributed by atoms with Crippen molar-refractivity contribution in [1.82, 2.24) is 19.9 Å². The van der Waals surface area contributed by atoms with Gasteiger partial charge in [0.1, 0.15) is 0 Å². The molecule has 0 saturated carbocycles. The average Bonchev–Trinajstić information content (AvgIpc) is 3.10. The fraction of sp³-hybridized carbons (Fsp3) is 0.286. The summed E-state index contributed by atoms with van der Waals surface area (Å²) in [7, 11) is -0.245. The van der Waals surface area contributed by atoms with Crippen molar-refractivity contribution in [3.63, 3.8) is 0 Å². The molecule has 2 aromatic heterocycles. The molecule has 0 N–H and O–H groups in total. The molecule has 3 heterocycles. The van der Waals surface area contributed by atoms with E-state index in [0.717, 1.165) is 21.1 Å². The molecule has 198 valence electrons. The highest BCUT2D eigenvalue weighted by atomic mass is 79.9. The Kier molecular flexibility index (Phi) is 10.4. The molecule has 1 aliphatic heterocycles. The lowest BCUT2D eigenvalue weighted by atomic mass is 9.79. The summed E-state index contributed by atoms with van der Waals surface area (Å²) in [4.78, 5) is 15.2. The van der Waals surface area contributed by atoms with Crippen LogP contribution in [0.1, 0.15) is 38.8 Å². The van der Waals surface area contributed by atoms with Crippen LogP contribution < -0.4 is 5.46 Å². The van der Waals surface area contributed by atoms with E-state index in [2.05, 4.69) is 114 Å². The summed E-state index contributed by atoms with van der Waals surface area (Å²) in [6, 6.07) is 16.5. The average molecular weight is 616 g/mol. The summed E-state index contributed by atoms with van der Waals surface area (Å²) in [6.45, 7) is 12.4. The van der Waals surface area contributed by atoms with Crippen molar-refractivity contribution >= 4 is 51.7 Å². The van der Waals surface area contributed by atoms with Crippen LogP contribution in [0, 0.1) is 13.8 Å². The lowest BCUT2D eigenvalue weighted by Crippen LogP contribution is -2.41. The van der Waals surface area contributed by atoms with Crippen molar-refractivity contribution in [1.29, 1.82) is 0 Å². The molecule has 1 aliphatic rings. The van der Waals surface area contributed by atoms with Gasteiger partial charge in [0.25, 0.3) is 0 Å². The van der Waals surface area contributed by atoms with E-state index in [-0.39, 0.29) is 28.9 Å². The summed E-state index contributed by atoms with van der Waals surface area (Å²) >= 11 is 14.1. The highest BCUT2D eigenvalue weighted by molar-refractivity contribution is 9.10. The van der Waals surface area contributed by atoms with Crippen LogP contribution >= 0.6 is 39.1 Å². The Morgan fingerprint density at radius 1 is 0.632 bits per heavy atom. The van der Waals surface area contributed by atoms with Gasteiger partial charge in [-0.2, -0.15) is 0 Å². The number of rotatable bonds is 2. The van der Waals surface area contributed by atoms with Crippen molar-refractivity contribution in [2.24, 2.45) is 0 Å². The van der Waals surface area contributed by atoms with Crippen molar-refractivity contribution in [3.8, 4) is 11.1 Å². The van der Waals surface area contributed by atoms with E-state index < -0.39 is 0 Å². The first-order valence-electron chi connectivity index (χ1n) is 12.0. The summed E-state index contributed by atoms with van der Waals surface area (Å²) in [5.41, 5.74) is 5.14. The van der Waals surface area contributed by atoms with Crippen molar-refractivity contribution in [2.45, 2.75) is 52.7 Å². The molecule has 0 aliphatic carbocycles. The van der Waals surface area contributed by atoms with E-state index in [1.54, 1.807) is 24.8 Å². The summed E-state index contributed by atoms with van der Waals surface area (Å²) in [5, 5.41) is 0.550. The summed E-state index contributed by atoms with van der Waals surface area (Å²) < 4.78 is 12.8. The molecule has 0 atom stereocenters. The number of hydrogen-bond acceptors (Lipinski definition) is 6. The third-order valence-electron chi connectivity index (χ3n) is 6.20. The second kappa shape index (κ2) is 13.1. The molecule has 0 spiro atoms. The Morgan fingerprint density at radius 2 is 1.03 bits per heavy atom. The van der Waals surface area contributed by atoms with Gasteiger partial charge in [-0.05, 0) is 91.7 Å². The van der Waals surface area contributed by atoms with Crippen LogP contribution in [0.4, 0.5) is 0 Å². The predicted molar refractivity (Wildman–Crippen MR) is 159 cm³/mol. The molecular weight excluding hydrogens is 586 g/mol. The third kappa shape index (κ3) is 8.58. The molecule has 0 unspecified atom stereocenters. The largest absolute Gasteiger partial charge is 0.494 e. The maximum absolute atomic E-state index is 5.97. The van der Waals surface area contributed by atoms with E-state index in [4.69, 9.17) is 32.5 Å². The Balaban J connectivity index is 0.000000166. The van der Waals surface area contributed by atoms with Crippen molar-refractivity contribution in [2.75, 3.05) is 0 Å². The van der Waals surface area contributed by atoms with Crippen LogP contribution in [0.15, 0.2) is 77.8 Å². The number of aryl methyl sites for hydroxylation is 2. The molecule has 38 heavy (non-hydrogen) atoms. The minimum atomic E-state index is -0.261. The molecule has 1 fully saturated rings. The predicted octanol–water partition coefficient (Wildman–Crippen LogP) is 7.29.